The molecule has 0 saturated heterocycles. The summed E-state index contributed by atoms with van der Waals surface area (Å²) >= 11 is 0. The van der Waals surface area contributed by atoms with E-state index in [2.05, 4.69) is 11.7 Å². The fourth-order valence-corrected chi connectivity index (χ4v) is 3.54. The second-order valence-corrected chi connectivity index (χ2v) is 9.29. The van der Waals surface area contributed by atoms with E-state index >= 15 is 0 Å². The Kier molecular flexibility index (Phi) is 11.2. The highest BCUT2D eigenvalue weighted by atomic mass is 19.4. The van der Waals surface area contributed by atoms with Crippen LogP contribution in [0.2, 0.25) is 0 Å². The van der Waals surface area contributed by atoms with E-state index in [1.165, 1.54) is 12.1 Å². The van der Waals surface area contributed by atoms with E-state index in [9.17, 15) is 57.5 Å². The third-order valence-electron chi connectivity index (χ3n) is 6.15. The van der Waals surface area contributed by atoms with Crippen LogP contribution < -0.4 is 4.74 Å². The molecule has 0 radical (unpaired) electrons. The highest BCUT2D eigenvalue weighted by Crippen LogP contribution is 2.58. The van der Waals surface area contributed by atoms with Crippen LogP contribution in [0.5, 0.6) is 5.75 Å². The minimum absolute atomic E-state index is 0.483. The van der Waals surface area contributed by atoms with Gasteiger partial charge in [0.1, 0.15) is 5.75 Å². The Bertz CT molecular complexity index is 1150. The molecular weight excluding hydrogens is 600 g/mol. The molecule has 3 nitrogen and oxygen atoms in total. The second kappa shape index (κ2) is 13.4. The molecule has 0 heterocycles. The number of benzene rings is 2. The van der Waals surface area contributed by atoms with Gasteiger partial charge in [0.15, 0.2) is 6.61 Å². The first-order valence-corrected chi connectivity index (χ1v) is 12.5. The zero-order valence-electron chi connectivity index (χ0n) is 21.9. The van der Waals surface area contributed by atoms with Crippen molar-refractivity contribution in [2.45, 2.75) is 75.1 Å². The van der Waals surface area contributed by atoms with Crippen molar-refractivity contribution in [3.8, 4) is 16.9 Å². The summed E-state index contributed by atoms with van der Waals surface area (Å²) in [6.07, 6.45) is -0.319. The third-order valence-corrected chi connectivity index (χ3v) is 6.15. The van der Waals surface area contributed by atoms with Crippen LogP contribution in [0.25, 0.3) is 11.1 Å². The molecule has 2 rings (SSSR count). The standard InChI is InChI=1S/C27H26F12O3/c1-2-3-4-5-6-15-41-20-13-11-18(12-14-20)17-7-9-19(10-8-17)21(40)42-16-23(30,31)25(34,35)27(38,39)26(36,37)24(32,33)22(28)29/h7-14,22H,2-6,15-16H2,1H3. The molecule has 0 amide bonds. The van der Waals surface area contributed by atoms with E-state index < -0.39 is 54.2 Å². The monoisotopic (exact) mass is 626 g/mol. The van der Waals surface area contributed by atoms with Crippen LogP contribution in [0.15, 0.2) is 48.5 Å². The van der Waals surface area contributed by atoms with Crippen LogP contribution in [0.1, 0.15) is 49.4 Å². The number of ether oxygens (including phenoxy) is 2. The lowest BCUT2D eigenvalue weighted by atomic mass is 9.94. The van der Waals surface area contributed by atoms with Gasteiger partial charge in [-0.1, -0.05) is 56.9 Å². The molecule has 0 aromatic heterocycles. The molecule has 236 valence electrons. The molecule has 0 saturated carbocycles. The average Bonchev–Trinajstić information content (AvgIpc) is 2.93. The largest absolute Gasteiger partial charge is 0.494 e. The van der Waals surface area contributed by atoms with Gasteiger partial charge < -0.3 is 9.47 Å². The van der Waals surface area contributed by atoms with Crippen LogP contribution in [-0.2, 0) is 4.74 Å². The molecule has 2 aromatic rings. The molecule has 0 spiro atoms. The Morgan fingerprint density at radius 1 is 0.690 bits per heavy atom. The second-order valence-electron chi connectivity index (χ2n) is 9.29. The summed E-state index contributed by atoms with van der Waals surface area (Å²) in [6, 6.07) is 11.2. The lowest BCUT2D eigenvalue weighted by Crippen LogP contribution is -2.69. The maximum absolute atomic E-state index is 13.9. The SMILES string of the molecule is CCCCCCCOc1ccc(-c2ccc(C(=O)OCC(F)(F)C(F)(F)C(F)(F)C(F)(F)C(F)(F)C(F)F)cc2)cc1. The smallest absolute Gasteiger partial charge is 0.384 e. The van der Waals surface area contributed by atoms with Gasteiger partial charge in [-0.25, -0.2) is 13.6 Å². The van der Waals surface area contributed by atoms with Gasteiger partial charge >= 0.3 is 42.0 Å². The predicted octanol–water partition coefficient (Wildman–Crippen LogP) is 9.30. The molecule has 0 aliphatic heterocycles. The van der Waals surface area contributed by atoms with Gasteiger partial charge in [-0.15, -0.1) is 0 Å². The van der Waals surface area contributed by atoms with E-state index in [1.807, 2.05) is 0 Å². The lowest BCUT2D eigenvalue weighted by Gasteiger charge is -2.38. The van der Waals surface area contributed by atoms with Crippen LogP contribution in [-0.4, -0.2) is 55.2 Å². The van der Waals surface area contributed by atoms with Crippen molar-refractivity contribution in [2.24, 2.45) is 0 Å². The summed E-state index contributed by atoms with van der Waals surface area (Å²) in [5, 5.41) is 0. The Hall–Kier alpha value is -3.13. The van der Waals surface area contributed by atoms with Crippen LogP contribution >= 0.6 is 0 Å². The zero-order valence-corrected chi connectivity index (χ0v) is 21.9. The molecule has 42 heavy (non-hydrogen) atoms. The number of unbranched alkanes of at least 4 members (excludes halogenated alkanes) is 4. The Morgan fingerprint density at radius 2 is 1.19 bits per heavy atom. The van der Waals surface area contributed by atoms with Crippen LogP contribution in [0.3, 0.4) is 0 Å². The Morgan fingerprint density at radius 3 is 1.69 bits per heavy atom. The lowest BCUT2D eigenvalue weighted by molar-refractivity contribution is -0.414. The number of esters is 1. The Balaban J connectivity index is 2.04. The normalized spacial score (nSPS) is 13.4. The molecule has 0 atom stereocenters. The highest BCUT2D eigenvalue weighted by molar-refractivity contribution is 5.90. The number of carbonyl (C=O) groups excluding carboxylic acids is 1. The minimum Gasteiger partial charge on any atom is -0.494 e. The first kappa shape index (κ1) is 35.1. The van der Waals surface area contributed by atoms with Crippen LogP contribution in [0.4, 0.5) is 52.7 Å². The number of halogens is 12. The van der Waals surface area contributed by atoms with Gasteiger partial charge in [0.2, 0.25) is 0 Å². The van der Waals surface area contributed by atoms with Gasteiger partial charge in [-0.05, 0) is 41.8 Å². The first-order chi connectivity index (χ1) is 19.3. The molecule has 2 aromatic carbocycles. The number of carbonyl (C=O) groups is 1. The fraction of sp³-hybridized carbons (Fsp3) is 0.519. The summed E-state index contributed by atoms with van der Waals surface area (Å²) in [5.41, 5.74) is 0.540. The molecule has 0 unspecified atom stereocenters. The van der Waals surface area contributed by atoms with Crippen molar-refractivity contribution in [1.82, 2.24) is 0 Å². The molecule has 0 bridgehead atoms. The van der Waals surface area contributed by atoms with E-state index in [4.69, 9.17) is 4.74 Å². The van der Waals surface area contributed by atoms with Gasteiger partial charge in [0.05, 0.1) is 12.2 Å². The van der Waals surface area contributed by atoms with E-state index in [1.54, 1.807) is 24.3 Å². The number of alkyl halides is 12. The van der Waals surface area contributed by atoms with Gasteiger partial charge in [0.25, 0.3) is 0 Å². The third kappa shape index (κ3) is 7.25. The number of hydrogen-bond donors (Lipinski definition) is 0. The summed E-state index contributed by atoms with van der Waals surface area (Å²) in [7, 11) is 0. The summed E-state index contributed by atoms with van der Waals surface area (Å²) in [6.45, 7) is -0.344. The van der Waals surface area contributed by atoms with Gasteiger partial charge in [0, 0.05) is 0 Å². The topological polar surface area (TPSA) is 35.5 Å². The van der Waals surface area contributed by atoms with E-state index in [-0.39, 0.29) is 0 Å². The molecule has 0 fully saturated rings. The molecular formula is C27H26F12O3. The summed E-state index contributed by atoms with van der Waals surface area (Å²) in [4.78, 5) is 12.0. The van der Waals surface area contributed by atoms with Crippen molar-refractivity contribution in [1.29, 1.82) is 0 Å². The predicted molar refractivity (Wildman–Crippen MR) is 127 cm³/mol. The zero-order chi connectivity index (χ0) is 32.0. The van der Waals surface area contributed by atoms with Gasteiger partial charge in [-0.3, -0.25) is 0 Å². The molecule has 0 aliphatic rings. The number of rotatable bonds is 16. The average molecular weight is 626 g/mol. The minimum atomic E-state index is -7.69. The van der Waals surface area contributed by atoms with Crippen molar-refractivity contribution in [2.75, 3.05) is 13.2 Å². The van der Waals surface area contributed by atoms with Gasteiger partial charge in [-0.2, -0.15) is 43.9 Å². The Labute approximate surface area is 232 Å². The van der Waals surface area contributed by atoms with Crippen LogP contribution in [0, 0.1) is 0 Å². The quantitative estimate of drug-likeness (QED) is 0.106. The summed E-state index contributed by atoms with van der Waals surface area (Å²) < 4.78 is 169. The molecule has 15 heteroatoms. The van der Waals surface area contributed by atoms with Crippen molar-refractivity contribution < 1.29 is 67.0 Å². The van der Waals surface area contributed by atoms with Crippen molar-refractivity contribution >= 4 is 5.97 Å². The maximum atomic E-state index is 13.9. The fourth-order valence-electron chi connectivity index (χ4n) is 3.54. The van der Waals surface area contributed by atoms with Crippen molar-refractivity contribution in [3.63, 3.8) is 0 Å². The highest BCUT2D eigenvalue weighted by Gasteiger charge is 2.87. The summed E-state index contributed by atoms with van der Waals surface area (Å²) in [5.74, 6) is -37.3. The first-order valence-electron chi connectivity index (χ1n) is 12.5. The molecule has 0 N–H and O–H groups in total. The van der Waals surface area contributed by atoms with Crippen molar-refractivity contribution in [3.05, 3.63) is 54.1 Å². The van der Waals surface area contributed by atoms with E-state index in [0.717, 1.165) is 44.2 Å². The van der Waals surface area contributed by atoms with E-state index in [0.29, 0.717) is 23.5 Å². The molecule has 0 aliphatic carbocycles. The maximum Gasteiger partial charge on any atom is 0.384 e. The number of hydrogen-bond acceptors (Lipinski definition) is 3.